The molecule has 0 N–H and O–H groups in total. The van der Waals surface area contributed by atoms with Gasteiger partial charge in [0.2, 0.25) is 0 Å². The van der Waals surface area contributed by atoms with Crippen LogP contribution in [0.1, 0.15) is 10.4 Å². The summed E-state index contributed by atoms with van der Waals surface area (Å²) in [5.41, 5.74) is 0.215. The van der Waals surface area contributed by atoms with E-state index in [9.17, 15) is 17.6 Å². The Morgan fingerprint density at radius 3 is 2.30 bits per heavy atom. The van der Waals surface area contributed by atoms with Crippen LogP contribution in [0, 0.1) is 5.82 Å². The molecule has 1 fully saturated rings. The smallest absolute Gasteiger partial charge is 0.281 e. The molecule has 9 heteroatoms. The number of hydrogen-bond acceptors (Lipinski definition) is 4. The zero-order valence-corrected chi connectivity index (χ0v) is 14.1. The van der Waals surface area contributed by atoms with Crippen LogP contribution in [-0.4, -0.2) is 75.2 Å². The number of ether oxygens (including phenoxy) is 1. The maximum Gasteiger partial charge on any atom is 0.281 e. The minimum atomic E-state index is -3.48. The quantitative estimate of drug-likeness (QED) is 0.792. The van der Waals surface area contributed by atoms with E-state index < -0.39 is 16.0 Å². The fraction of sp³-hybridized carbons (Fsp3) is 0.500. The molecule has 0 atom stereocenters. The molecular weight excluding hydrogens is 325 g/mol. The highest BCUT2D eigenvalue weighted by atomic mass is 32.2. The molecule has 1 aliphatic rings. The van der Waals surface area contributed by atoms with E-state index in [0.29, 0.717) is 0 Å². The summed E-state index contributed by atoms with van der Waals surface area (Å²) in [7, 11) is 0.805. The van der Waals surface area contributed by atoms with Gasteiger partial charge in [-0.05, 0) is 18.2 Å². The summed E-state index contributed by atoms with van der Waals surface area (Å²) in [6.07, 6.45) is 0. The number of hydrogen-bond donors (Lipinski definition) is 0. The van der Waals surface area contributed by atoms with E-state index in [1.54, 1.807) is 0 Å². The number of carbonyl (C=O) groups is 1. The number of nitrogens with zero attached hydrogens (tertiary/aromatic N) is 3. The van der Waals surface area contributed by atoms with Crippen LogP contribution in [0.4, 0.5) is 4.39 Å². The number of methoxy groups -OCH3 is 1. The van der Waals surface area contributed by atoms with Crippen molar-refractivity contribution in [2.45, 2.75) is 0 Å². The lowest BCUT2D eigenvalue weighted by atomic mass is 10.1. The van der Waals surface area contributed by atoms with Crippen molar-refractivity contribution in [3.05, 3.63) is 29.6 Å². The molecule has 0 aromatic heterocycles. The third-order valence-electron chi connectivity index (χ3n) is 3.71. The Hall–Kier alpha value is -1.71. The molecule has 1 amide bonds. The van der Waals surface area contributed by atoms with Gasteiger partial charge in [0.15, 0.2) is 11.6 Å². The number of benzene rings is 1. The van der Waals surface area contributed by atoms with Crippen molar-refractivity contribution in [3.63, 3.8) is 0 Å². The summed E-state index contributed by atoms with van der Waals surface area (Å²) >= 11 is 0. The number of rotatable bonds is 4. The van der Waals surface area contributed by atoms with Crippen molar-refractivity contribution in [3.8, 4) is 5.75 Å². The second kappa shape index (κ2) is 6.81. The van der Waals surface area contributed by atoms with Crippen LogP contribution in [-0.2, 0) is 10.2 Å². The van der Waals surface area contributed by atoms with E-state index in [0.717, 1.165) is 10.4 Å². The maximum atomic E-state index is 13.7. The van der Waals surface area contributed by atoms with Gasteiger partial charge < -0.3 is 9.64 Å². The average molecular weight is 345 g/mol. The summed E-state index contributed by atoms with van der Waals surface area (Å²) in [6.45, 7) is 0.953. The summed E-state index contributed by atoms with van der Waals surface area (Å²) in [4.78, 5) is 13.9. The lowest BCUT2D eigenvalue weighted by molar-refractivity contribution is 0.0694. The van der Waals surface area contributed by atoms with Crippen LogP contribution >= 0.6 is 0 Å². The minimum Gasteiger partial charge on any atom is -0.494 e. The number of piperazine rings is 1. The van der Waals surface area contributed by atoms with Crippen molar-refractivity contribution >= 4 is 16.1 Å². The number of halogens is 1. The molecule has 0 unspecified atom stereocenters. The highest BCUT2D eigenvalue weighted by Crippen LogP contribution is 2.19. The molecule has 23 heavy (non-hydrogen) atoms. The Morgan fingerprint density at radius 1 is 1.22 bits per heavy atom. The van der Waals surface area contributed by atoms with Crippen molar-refractivity contribution in [1.29, 1.82) is 0 Å². The van der Waals surface area contributed by atoms with Gasteiger partial charge in [-0.2, -0.15) is 17.0 Å². The SMILES string of the molecule is COc1ccc(C(=O)N2CCN(S(=O)(=O)N(C)C)CC2)cc1F. The lowest BCUT2D eigenvalue weighted by Crippen LogP contribution is -2.53. The largest absolute Gasteiger partial charge is 0.494 e. The zero-order valence-electron chi connectivity index (χ0n) is 13.3. The summed E-state index contributed by atoms with van der Waals surface area (Å²) in [5, 5.41) is 0. The van der Waals surface area contributed by atoms with Crippen LogP contribution in [0.5, 0.6) is 5.75 Å². The topological polar surface area (TPSA) is 70.2 Å². The van der Waals surface area contributed by atoms with Gasteiger partial charge in [-0.3, -0.25) is 4.79 Å². The molecule has 0 aliphatic carbocycles. The molecule has 1 aromatic rings. The van der Waals surface area contributed by atoms with E-state index in [-0.39, 0.29) is 43.4 Å². The van der Waals surface area contributed by atoms with Crippen LogP contribution in [0.2, 0.25) is 0 Å². The van der Waals surface area contributed by atoms with Crippen LogP contribution in [0.3, 0.4) is 0 Å². The van der Waals surface area contributed by atoms with Gasteiger partial charge in [0.25, 0.3) is 16.1 Å². The zero-order chi connectivity index (χ0) is 17.2. The molecule has 2 rings (SSSR count). The normalized spacial score (nSPS) is 16.7. The van der Waals surface area contributed by atoms with Gasteiger partial charge in [0, 0.05) is 45.8 Å². The first-order valence-electron chi connectivity index (χ1n) is 7.07. The first-order valence-corrected chi connectivity index (χ1v) is 8.47. The summed E-state index contributed by atoms with van der Waals surface area (Å²) in [5.74, 6) is -0.857. The molecule has 1 saturated heterocycles. The average Bonchev–Trinajstić information content (AvgIpc) is 2.54. The number of amides is 1. The second-order valence-electron chi connectivity index (χ2n) is 5.33. The molecule has 1 heterocycles. The molecule has 0 saturated carbocycles. The van der Waals surface area contributed by atoms with E-state index >= 15 is 0 Å². The third kappa shape index (κ3) is 3.62. The molecule has 0 bridgehead atoms. The van der Waals surface area contributed by atoms with Gasteiger partial charge in [-0.15, -0.1) is 0 Å². The van der Waals surface area contributed by atoms with Crippen molar-refractivity contribution in [1.82, 2.24) is 13.5 Å². The minimum absolute atomic E-state index is 0.0726. The van der Waals surface area contributed by atoms with Gasteiger partial charge in [-0.1, -0.05) is 0 Å². The number of carbonyl (C=O) groups excluding carboxylic acids is 1. The van der Waals surface area contributed by atoms with Crippen molar-refractivity contribution < 1.29 is 22.3 Å². The summed E-state index contributed by atoms with van der Waals surface area (Å²) < 4.78 is 45.0. The van der Waals surface area contributed by atoms with Gasteiger partial charge in [0.1, 0.15) is 0 Å². The fourth-order valence-electron chi connectivity index (χ4n) is 2.33. The lowest BCUT2D eigenvalue weighted by Gasteiger charge is -2.35. The van der Waals surface area contributed by atoms with Crippen molar-refractivity contribution in [2.24, 2.45) is 0 Å². The molecule has 1 aliphatic heterocycles. The van der Waals surface area contributed by atoms with E-state index in [2.05, 4.69) is 0 Å². The molecule has 0 radical (unpaired) electrons. The van der Waals surface area contributed by atoms with E-state index in [1.165, 1.54) is 42.5 Å². The van der Waals surface area contributed by atoms with Gasteiger partial charge in [0.05, 0.1) is 7.11 Å². The maximum absolute atomic E-state index is 13.7. The molecule has 1 aromatic carbocycles. The Morgan fingerprint density at radius 2 is 1.83 bits per heavy atom. The summed E-state index contributed by atoms with van der Waals surface area (Å²) in [6, 6.07) is 4.02. The Bertz CT molecular complexity index is 685. The molecule has 128 valence electrons. The van der Waals surface area contributed by atoms with Crippen LogP contribution in [0.15, 0.2) is 18.2 Å². The van der Waals surface area contributed by atoms with E-state index in [4.69, 9.17) is 4.74 Å². The highest BCUT2D eigenvalue weighted by molar-refractivity contribution is 7.86. The van der Waals surface area contributed by atoms with Crippen LogP contribution < -0.4 is 4.74 Å². The monoisotopic (exact) mass is 345 g/mol. The van der Waals surface area contributed by atoms with Gasteiger partial charge >= 0.3 is 0 Å². The van der Waals surface area contributed by atoms with Crippen LogP contribution in [0.25, 0.3) is 0 Å². The van der Waals surface area contributed by atoms with Gasteiger partial charge in [-0.25, -0.2) is 4.39 Å². The predicted molar refractivity (Wildman–Crippen MR) is 83.0 cm³/mol. The Balaban J connectivity index is 2.05. The molecule has 0 spiro atoms. The second-order valence-corrected chi connectivity index (χ2v) is 7.47. The standard InChI is InChI=1S/C14H20FN3O4S/c1-16(2)23(20,21)18-8-6-17(7-9-18)14(19)11-4-5-13(22-3)12(15)10-11/h4-5,10H,6-9H2,1-3H3. The van der Waals surface area contributed by atoms with E-state index in [1.807, 2.05) is 0 Å². The molecule has 7 nitrogen and oxygen atoms in total. The Kier molecular flexibility index (Phi) is 5.23. The third-order valence-corrected chi connectivity index (χ3v) is 5.65. The first-order chi connectivity index (χ1) is 10.8. The highest BCUT2D eigenvalue weighted by Gasteiger charge is 2.30. The predicted octanol–water partition coefficient (Wildman–Crippen LogP) is 0.399. The fourth-order valence-corrected chi connectivity index (χ4v) is 3.42. The molecular formula is C14H20FN3O4S. The first kappa shape index (κ1) is 17.6. The van der Waals surface area contributed by atoms with Crippen molar-refractivity contribution in [2.75, 3.05) is 47.4 Å². The Labute approximate surface area is 135 Å².